The molecule has 38 heavy (non-hydrogen) atoms. The Bertz CT molecular complexity index is 1320. The first-order valence-corrected chi connectivity index (χ1v) is 13.4. The summed E-state index contributed by atoms with van der Waals surface area (Å²) >= 11 is 5.99. The molecule has 2 aliphatic heterocycles. The molecule has 5 rings (SSSR count). The average Bonchev–Trinajstić information content (AvgIpc) is 3.47. The van der Waals surface area contributed by atoms with Crippen LogP contribution in [0.2, 0.25) is 5.02 Å². The first kappa shape index (κ1) is 26.4. The molecule has 6 nitrogen and oxygen atoms in total. The normalized spacial score (nSPS) is 17.5. The van der Waals surface area contributed by atoms with E-state index in [9.17, 15) is 13.6 Å². The van der Waals surface area contributed by atoms with Crippen LogP contribution in [0.4, 0.5) is 14.5 Å². The predicted molar refractivity (Wildman–Crippen MR) is 144 cm³/mol. The van der Waals surface area contributed by atoms with E-state index in [2.05, 4.69) is 9.88 Å². The molecule has 2 N–H and O–H groups in total. The largest absolute Gasteiger partial charge is 0.468 e. The third kappa shape index (κ3) is 5.47. The maximum atomic E-state index is 14.4. The fourth-order valence-electron chi connectivity index (χ4n) is 5.38. The molecule has 1 unspecified atom stereocenters. The van der Waals surface area contributed by atoms with Gasteiger partial charge in [-0.3, -0.25) is 4.79 Å². The van der Waals surface area contributed by atoms with Gasteiger partial charge in [-0.15, -0.1) is 0 Å². The Labute approximate surface area is 226 Å². The van der Waals surface area contributed by atoms with E-state index in [-0.39, 0.29) is 28.1 Å². The molecule has 2 saturated heterocycles. The molecule has 2 aliphatic rings. The highest BCUT2D eigenvalue weighted by atomic mass is 35.5. The molecule has 2 aromatic carbocycles. The number of hydrogen-bond donors (Lipinski definition) is 1. The number of benzene rings is 2. The molecular formula is C29H31ClF2N4O2. The Balaban J connectivity index is 1.31. The zero-order valence-electron chi connectivity index (χ0n) is 21.3. The van der Waals surface area contributed by atoms with Gasteiger partial charge in [0.05, 0.1) is 16.4 Å². The highest BCUT2D eigenvalue weighted by Crippen LogP contribution is 2.34. The average molecular weight is 541 g/mol. The minimum absolute atomic E-state index is 0.00323. The molecule has 0 aliphatic carbocycles. The minimum Gasteiger partial charge on any atom is -0.468 e. The van der Waals surface area contributed by atoms with E-state index in [1.54, 1.807) is 19.1 Å². The lowest BCUT2D eigenvalue weighted by molar-refractivity contribution is 0.0644. The molecule has 1 amide bonds. The molecule has 2 fully saturated rings. The third-order valence-corrected chi connectivity index (χ3v) is 7.86. The van der Waals surface area contributed by atoms with Crippen LogP contribution >= 0.6 is 11.6 Å². The summed E-state index contributed by atoms with van der Waals surface area (Å²) in [6, 6.07) is 13.2. The van der Waals surface area contributed by atoms with E-state index in [0.717, 1.165) is 43.6 Å². The number of nitrogens with zero attached hydrogens (tertiary/aromatic N) is 3. The Kier molecular flexibility index (Phi) is 7.81. The van der Waals surface area contributed by atoms with Crippen molar-refractivity contribution in [3.63, 3.8) is 0 Å². The number of rotatable bonds is 6. The zero-order chi connectivity index (χ0) is 26.8. The minimum atomic E-state index is -0.945. The van der Waals surface area contributed by atoms with Gasteiger partial charge in [-0.1, -0.05) is 23.7 Å². The van der Waals surface area contributed by atoms with Gasteiger partial charge in [0.1, 0.15) is 17.7 Å². The highest BCUT2D eigenvalue weighted by molar-refractivity contribution is 6.31. The number of halogens is 3. The number of amides is 1. The van der Waals surface area contributed by atoms with Crippen LogP contribution in [0.25, 0.3) is 11.3 Å². The molecule has 9 heteroatoms. The van der Waals surface area contributed by atoms with Gasteiger partial charge in [0.2, 0.25) is 5.88 Å². The fourth-order valence-corrected chi connectivity index (χ4v) is 5.69. The van der Waals surface area contributed by atoms with Crippen LogP contribution in [0.1, 0.15) is 54.6 Å². The van der Waals surface area contributed by atoms with Crippen molar-refractivity contribution in [3.05, 3.63) is 76.3 Å². The third-order valence-electron chi connectivity index (χ3n) is 7.48. The molecule has 3 heterocycles. The molecule has 0 saturated carbocycles. The zero-order valence-corrected chi connectivity index (χ0v) is 22.1. The summed E-state index contributed by atoms with van der Waals surface area (Å²) in [5, 5.41) is -0.345. The lowest BCUT2D eigenvalue weighted by atomic mass is 10.0. The summed E-state index contributed by atoms with van der Waals surface area (Å²) in [6.45, 7) is 5.39. The molecule has 1 atom stereocenters. The van der Waals surface area contributed by atoms with Crippen molar-refractivity contribution in [2.75, 3.05) is 31.9 Å². The monoisotopic (exact) mass is 540 g/mol. The standard InChI is InChI=1S/C29H31ClF2N4O2/c1-18(26-22(31)7-8-23(32)27(26)30)38-28-24(33)9-10-25(34-28)19-5-4-6-20(17-19)29(37)36-15-11-21(12-16-36)35-13-2-3-14-35/h4-10,17-18,21H,2-3,11-16,33H2,1H3. The second-order valence-electron chi connectivity index (χ2n) is 9.96. The number of carbonyl (C=O) groups is 1. The van der Waals surface area contributed by atoms with Crippen molar-refractivity contribution in [1.29, 1.82) is 0 Å². The molecule has 0 radical (unpaired) electrons. The number of nitrogens with two attached hydrogens (primary N) is 1. The molecule has 3 aromatic rings. The number of carbonyl (C=O) groups excluding carboxylic acids is 1. The molecule has 1 aromatic heterocycles. The number of anilines is 1. The molecular weight excluding hydrogens is 510 g/mol. The van der Waals surface area contributed by atoms with Crippen LogP contribution in [0.3, 0.4) is 0 Å². The van der Waals surface area contributed by atoms with Gasteiger partial charge in [0.25, 0.3) is 5.91 Å². The number of aromatic nitrogens is 1. The van der Waals surface area contributed by atoms with E-state index in [1.807, 2.05) is 29.2 Å². The summed E-state index contributed by atoms with van der Waals surface area (Å²) in [4.78, 5) is 22.3. The van der Waals surface area contributed by atoms with Crippen LogP contribution in [-0.2, 0) is 0 Å². The van der Waals surface area contributed by atoms with Gasteiger partial charge in [-0.25, -0.2) is 13.8 Å². The fraction of sp³-hybridized carbons (Fsp3) is 0.379. The molecule has 0 spiro atoms. The van der Waals surface area contributed by atoms with Gasteiger partial charge in [0, 0.05) is 35.8 Å². The van der Waals surface area contributed by atoms with Crippen molar-refractivity contribution in [3.8, 4) is 17.1 Å². The highest BCUT2D eigenvalue weighted by Gasteiger charge is 2.29. The summed E-state index contributed by atoms with van der Waals surface area (Å²) in [5.74, 6) is -1.36. The van der Waals surface area contributed by atoms with E-state index in [4.69, 9.17) is 22.1 Å². The van der Waals surface area contributed by atoms with Crippen LogP contribution in [0.15, 0.2) is 48.5 Å². The molecule has 200 valence electrons. The maximum Gasteiger partial charge on any atom is 0.253 e. The van der Waals surface area contributed by atoms with E-state index in [1.165, 1.54) is 25.9 Å². The van der Waals surface area contributed by atoms with E-state index in [0.29, 0.717) is 17.3 Å². The number of piperidine rings is 1. The van der Waals surface area contributed by atoms with Crippen molar-refractivity contribution >= 4 is 23.2 Å². The topological polar surface area (TPSA) is 71.7 Å². The van der Waals surface area contributed by atoms with Crippen LogP contribution < -0.4 is 10.5 Å². The number of nitrogen functional groups attached to an aromatic ring is 1. The first-order chi connectivity index (χ1) is 18.3. The number of ether oxygens (including phenoxy) is 1. The second-order valence-corrected chi connectivity index (χ2v) is 10.3. The first-order valence-electron chi connectivity index (χ1n) is 13.0. The number of likely N-dealkylation sites (tertiary alicyclic amines) is 2. The SMILES string of the molecule is CC(Oc1nc(-c2cccc(C(=O)N3CCC(N4CCCC4)CC3)c2)ccc1N)c1c(F)ccc(F)c1Cl. The van der Waals surface area contributed by atoms with Crippen LogP contribution in [-0.4, -0.2) is 52.9 Å². The maximum absolute atomic E-state index is 14.4. The molecule has 0 bridgehead atoms. The Hall–Kier alpha value is -3.23. The lowest BCUT2D eigenvalue weighted by Gasteiger charge is -2.36. The van der Waals surface area contributed by atoms with Gasteiger partial charge in [-0.05, 0) is 82.1 Å². The quantitative estimate of drug-likeness (QED) is 0.382. The second kappa shape index (κ2) is 11.3. The van der Waals surface area contributed by atoms with Crippen molar-refractivity contribution in [2.24, 2.45) is 0 Å². The number of pyridine rings is 1. The van der Waals surface area contributed by atoms with Crippen molar-refractivity contribution in [2.45, 2.75) is 44.8 Å². The van der Waals surface area contributed by atoms with E-state index >= 15 is 0 Å². The summed E-state index contributed by atoms with van der Waals surface area (Å²) in [6.07, 6.45) is 3.59. The van der Waals surface area contributed by atoms with Gasteiger partial charge < -0.3 is 20.3 Å². The smallest absolute Gasteiger partial charge is 0.253 e. The van der Waals surface area contributed by atoms with Crippen molar-refractivity contribution < 1.29 is 18.3 Å². The predicted octanol–water partition coefficient (Wildman–Crippen LogP) is 6.10. The Morgan fingerprint density at radius 2 is 1.76 bits per heavy atom. The Morgan fingerprint density at radius 3 is 2.50 bits per heavy atom. The Morgan fingerprint density at radius 1 is 1.05 bits per heavy atom. The van der Waals surface area contributed by atoms with Gasteiger partial charge in [0.15, 0.2) is 0 Å². The summed E-state index contributed by atoms with van der Waals surface area (Å²) < 4.78 is 34.1. The lowest BCUT2D eigenvalue weighted by Crippen LogP contribution is -2.45. The van der Waals surface area contributed by atoms with E-state index < -0.39 is 17.7 Å². The van der Waals surface area contributed by atoms with Crippen molar-refractivity contribution in [1.82, 2.24) is 14.8 Å². The van der Waals surface area contributed by atoms with Crippen LogP contribution in [0.5, 0.6) is 5.88 Å². The summed E-state index contributed by atoms with van der Waals surface area (Å²) in [7, 11) is 0. The summed E-state index contributed by atoms with van der Waals surface area (Å²) in [5.41, 5.74) is 8.05. The van der Waals surface area contributed by atoms with Gasteiger partial charge in [-0.2, -0.15) is 0 Å². The van der Waals surface area contributed by atoms with Crippen LogP contribution in [0, 0.1) is 11.6 Å². The number of hydrogen-bond acceptors (Lipinski definition) is 5. The van der Waals surface area contributed by atoms with Gasteiger partial charge >= 0.3 is 0 Å².